The zero-order valence-electron chi connectivity index (χ0n) is 7.98. The Morgan fingerprint density at radius 3 is 2.64 bits per heavy atom. The first-order valence-electron chi connectivity index (χ1n) is 4.86. The molecule has 0 unspecified atom stereocenters. The van der Waals surface area contributed by atoms with Gasteiger partial charge in [0.25, 0.3) is 0 Å². The summed E-state index contributed by atoms with van der Waals surface area (Å²) in [5.74, 6) is 2.98. The van der Waals surface area contributed by atoms with Gasteiger partial charge in [-0.2, -0.15) is 0 Å². The minimum absolute atomic E-state index is 0.444. The van der Waals surface area contributed by atoms with Gasteiger partial charge in [-0.1, -0.05) is 18.2 Å². The minimum Gasteiger partial charge on any atom is -0.508 e. The molecule has 76 valence electrons. The van der Waals surface area contributed by atoms with E-state index in [0.29, 0.717) is 10.3 Å². The second-order valence-electron chi connectivity index (χ2n) is 3.36. The van der Waals surface area contributed by atoms with Crippen LogP contribution in [0.4, 0.5) is 0 Å². The van der Waals surface area contributed by atoms with E-state index in [4.69, 9.17) is 0 Å². The molecule has 0 atom stereocenters. The van der Waals surface area contributed by atoms with Crippen molar-refractivity contribution in [2.24, 2.45) is 0 Å². The number of thioether (sulfide) groups is 2. The number of aromatic hydroxyl groups is 1. The van der Waals surface area contributed by atoms with E-state index < -0.39 is 0 Å². The van der Waals surface area contributed by atoms with Gasteiger partial charge in [0, 0.05) is 0 Å². The maximum atomic E-state index is 9.62. The molecule has 1 nitrogen and oxygen atoms in total. The predicted octanol–water partition coefficient (Wildman–Crippen LogP) is 3.13. The lowest BCUT2D eigenvalue weighted by Crippen LogP contribution is -2.09. The van der Waals surface area contributed by atoms with E-state index in [-0.39, 0.29) is 0 Å². The quantitative estimate of drug-likeness (QED) is 0.836. The van der Waals surface area contributed by atoms with E-state index in [2.05, 4.69) is 0 Å². The van der Waals surface area contributed by atoms with Crippen molar-refractivity contribution >= 4 is 23.5 Å². The first-order valence-corrected chi connectivity index (χ1v) is 6.96. The van der Waals surface area contributed by atoms with Gasteiger partial charge < -0.3 is 5.11 Å². The fourth-order valence-electron chi connectivity index (χ4n) is 1.52. The lowest BCUT2D eigenvalue weighted by Gasteiger charge is -2.21. The van der Waals surface area contributed by atoms with Gasteiger partial charge >= 0.3 is 0 Å². The van der Waals surface area contributed by atoms with Crippen molar-refractivity contribution in [1.82, 2.24) is 0 Å². The van der Waals surface area contributed by atoms with Crippen LogP contribution < -0.4 is 0 Å². The highest BCUT2D eigenvalue weighted by Crippen LogP contribution is 2.34. The van der Waals surface area contributed by atoms with Crippen molar-refractivity contribution in [3.63, 3.8) is 0 Å². The van der Waals surface area contributed by atoms with Crippen molar-refractivity contribution in [2.75, 3.05) is 11.5 Å². The minimum atomic E-state index is 0.444. The number of para-hydroxylation sites is 1. The van der Waals surface area contributed by atoms with Gasteiger partial charge in [0.15, 0.2) is 0 Å². The van der Waals surface area contributed by atoms with E-state index in [1.807, 2.05) is 41.7 Å². The summed E-state index contributed by atoms with van der Waals surface area (Å²) in [5.41, 5.74) is 1.08. The summed E-state index contributed by atoms with van der Waals surface area (Å²) in [6, 6.07) is 7.66. The molecule has 3 heteroatoms. The van der Waals surface area contributed by atoms with Crippen molar-refractivity contribution in [1.29, 1.82) is 0 Å². The molecule has 1 aromatic rings. The molecule has 0 spiro atoms. The molecular formula is C11H14OS2. The SMILES string of the molecule is Oc1ccccc1CC1SCCCS1. The molecule has 1 aromatic carbocycles. The topological polar surface area (TPSA) is 20.2 Å². The molecule has 1 saturated heterocycles. The van der Waals surface area contributed by atoms with Crippen LogP contribution in [0, 0.1) is 0 Å². The Morgan fingerprint density at radius 2 is 1.93 bits per heavy atom. The Bertz CT molecular complexity index is 295. The lowest BCUT2D eigenvalue weighted by atomic mass is 10.1. The van der Waals surface area contributed by atoms with Crippen LogP contribution in [0.15, 0.2) is 24.3 Å². The van der Waals surface area contributed by atoms with Crippen molar-refractivity contribution in [3.05, 3.63) is 29.8 Å². The molecule has 0 aliphatic carbocycles. The Kier molecular flexibility index (Phi) is 3.65. The summed E-state index contributed by atoms with van der Waals surface area (Å²) in [7, 11) is 0. The third-order valence-electron chi connectivity index (χ3n) is 2.27. The number of hydrogen-bond donors (Lipinski definition) is 1. The molecule has 0 saturated carbocycles. The largest absolute Gasteiger partial charge is 0.508 e. The summed E-state index contributed by atoms with van der Waals surface area (Å²) in [6.45, 7) is 0. The van der Waals surface area contributed by atoms with Gasteiger partial charge in [0.05, 0.1) is 4.58 Å². The first-order chi connectivity index (χ1) is 6.86. The van der Waals surface area contributed by atoms with Crippen LogP contribution in [0.3, 0.4) is 0 Å². The van der Waals surface area contributed by atoms with Gasteiger partial charge in [-0.15, -0.1) is 23.5 Å². The summed E-state index contributed by atoms with van der Waals surface area (Å²) in [6.07, 6.45) is 2.31. The van der Waals surface area contributed by atoms with E-state index in [0.717, 1.165) is 12.0 Å². The van der Waals surface area contributed by atoms with E-state index in [1.165, 1.54) is 17.9 Å². The fourth-order valence-corrected chi connectivity index (χ4v) is 4.41. The first kappa shape index (κ1) is 10.2. The highest BCUT2D eigenvalue weighted by Gasteiger charge is 2.15. The van der Waals surface area contributed by atoms with Crippen LogP contribution in [0.25, 0.3) is 0 Å². The number of hydrogen-bond acceptors (Lipinski definition) is 3. The highest BCUT2D eigenvalue weighted by molar-refractivity contribution is 8.17. The van der Waals surface area contributed by atoms with E-state index >= 15 is 0 Å². The highest BCUT2D eigenvalue weighted by atomic mass is 32.2. The van der Waals surface area contributed by atoms with Crippen LogP contribution in [-0.4, -0.2) is 21.2 Å². The molecule has 2 rings (SSSR count). The normalized spacial score (nSPS) is 18.3. The summed E-state index contributed by atoms with van der Waals surface area (Å²) >= 11 is 4.04. The van der Waals surface area contributed by atoms with Gasteiger partial charge in [-0.3, -0.25) is 0 Å². The Hall–Kier alpha value is -0.280. The fraction of sp³-hybridized carbons (Fsp3) is 0.455. The maximum absolute atomic E-state index is 9.62. The third-order valence-corrected chi connectivity index (χ3v) is 5.22. The summed E-state index contributed by atoms with van der Waals surface area (Å²) < 4.78 is 0.636. The smallest absolute Gasteiger partial charge is 0.118 e. The Morgan fingerprint density at radius 1 is 1.21 bits per heavy atom. The van der Waals surface area contributed by atoms with Crippen LogP contribution in [-0.2, 0) is 6.42 Å². The molecule has 14 heavy (non-hydrogen) atoms. The van der Waals surface area contributed by atoms with Crippen molar-refractivity contribution in [2.45, 2.75) is 17.4 Å². The molecule has 1 fully saturated rings. The predicted molar refractivity (Wildman–Crippen MR) is 65.1 cm³/mol. The molecular weight excluding hydrogens is 212 g/mol. The Balaban J connectivity index is 1.99. The molecule has 1 aliphatic heterocycles. The number of phenolic OH excluding ortho intramolecular Hbond substituents is 1. The Labute approximate surface area is 93.3 Å². The van der Waals surface area contributed by atoms with Crippen LogP contribution in [0.1, 0.15) is 12.0 Å². The van der Waals surface area contributed by atoms with Crippen LogP contribution in [0.5, 0.6) is 5.75 Å². The monoisotopic (exact) mass is 226 g/mol. The van der Waals surface area contributed by atoms with Crippen molar-refractivity contribution < 1.29 is 5.11 Å². The number of benzene rings is 1. The van der Waals surface area contributed by atoms with Crippen LogP contribution in [0.2, 0.25) is 0 Å². The van der Waals surface area contributed by atoms with Gasteiger partial charge in [-0.05, 0) is 36.0 Å². The average Bonchev–Trinajstić information content (AvgIpc) is 2.23. The third kappa shape index (κ3) is 2.61. The molecule has 0 amide bonds. The maximum Gasteiger partial charge on any atom is 0.118 e. The second kappa shape index (κ2) is 4.99. The zero-order chi connectivity index (χ0) is 9.80. The molecule has 1 heterocycles. The summed E-state index contributed by atoms with van der Waals surface area (Å²) in [5, 5.41) is 9.62. The number of phenols is 1. The molecule has 1 aliphatic rings. The van der Waals surface area contributed by atoms with Gasteiger partial charge in [0.1, 0.15) is 5.75 Å². The average molecular weight is 226 g/mol. The molecule has 0 aromatic heterocycles. The zero-order valence-corrected chi connectivity index (χ0v) is 9.61. The van der Waals surface area contributed by atoms with Gasteiger partial charge in [-0.25, -0.2) is 0 Å². The van der Waals surface area contributed by atoms with Gasteiger partial charge in [0.2, 0.25) is 0 Å². The van der Waals surface area contributed by atoms with E-state index in [9.17, 15) is 5.11 Å². The molecule has 1 N–H and O–H groups in total. The molecule has 0 bridgehead atoms. The van der Waals surface area contributed by atoms with Crippen LogP contribution >= 0.6 is 23.5 Å². The lowest BCUT2D eigenvalue weighted by molar-refractivity contribution is 0.468. The second-order valence-corrected chi connectivity index (χ2v) is 6.28. The summed E-state index contributed by atoms with van der Waals surface area (Å²) in [4.78, 5) is 0. The van der Waals surface area contributed by atoms with Crippen molar-refractivity contribution in [3.8, 4) is 5.75 Å². The molecule has 0 radical (unpaired) electrons. The standard InChI is InChI=1S/C11H14OS2/c12-10-5-2-1-4-9(10)8-11-13-6-3-7-14-11/h1-2,4-5,11-12H,3,6-8H2. The number of rotatable bonds is 2. The van der Waals surface area contributed by atoms with E-state index in [1.54, 1.807) is 6.07 Å².